The van der Waals surface area contributed by atoms with Gasteiger partial charge in [-0.15, -0.1) is 0 Å². The Morgan fingerprint density at radius 3 is 2.60 bits per heavy atom. The Labute approximate surface area is 89.0 Å². The smallest absolute Gasteiger partial charge is 0.137 e. The molecule has 1 aliphatic heterocycles. The zero-order chi connectivity index (χ0) is 11.3. The number of aliphatic hydroxyl groups is 3. The molecule has 1 saturated heterocycles. The van der Waals surface area contributed by atoms with Crippen molar-refractivity contribution >= 4 is 0 Å². The van der Waals surface area contributed by atoms with E-state index >= 15 is 0 Å². The lowest BCUT2D eigenvalue weighted by Crippen LogP contribution is -2.58. The SMILES string of the molecule is NCCCCN[C@@H]1OC[C@@H](O)[C@H](O)[C@H]1O. The number of nitrogens with one attached hydrogen (secondary N) is 1. The van der Waals surface area contributed by atoms with Gasteiger partial charge in [0.2, 0.25) is 0 Å². The predicted molar refractivity (Wildman–Crippen MR) is 54.1 cm³/mol. The van der Waals surface area contributed by atoms with Crippen molar-refractivity contribution in [3.8, 4) is 0 Å². The van der Waals surface area contributed by atoms with E-state index in [1.54, 1.807) is 0 Å². The second kappa shape index (κ2) is 6.37. The summed E-state index contributed by atoms with van der Waals surface area (Å²) >= 11 is 0. The fourth-order valence-corrected chi connectivity index (χ4v) is 1.50. The van der Waals surface area contributed by atoms with Crippen molar-refractivity contribution in [3.63, 3.8) is 0 Å². The Bertz CT molecular complexity index is 181. The molecule has 1 fully saturated rings. The molecular weight excluding hydrogens is 200 g/mol. The molecule has 0 amide bonds. The molecule has 15 heavy (non-hydrogen) atoms. The van der Waals surface area contributed by atoms with Crippen molar-refractivity contribution < 1.29 is 20.1 Å². The maximum absolute atomic E-state index is 9.54. The summed E-state index contributed by atoms with van der Waals surface area (Å²) in [5.41, 5.74) is 5.33. The highest BCUT2D eigenvalue weighted by atomic mass is 16.5. The Hall–Kier alpha value is -0.240. The predicted octanol–water partition coefficient (Wildman–Crippen LogP) is -2.25. The van der Waals surface area contributed by atoms with Crippen LogP contribution >= 0.6 is 0 Å². The van der Waals surface area contributed by atoms with Crippen LogP contribution in [-0.2, 0) is 4.74 Å². The largest absolute Gasteiger partial charge is 0.388 e. The number of hydrogen-bond acceptors (Lipinski definition) is 6. The van der Waals surface area contributed by atoms with Crippen LogP contribution in [0.4, 0.5) is 0 Å². The summed E-state index contributed by atoms with van der Waals surface area (Å²) in [5.74, 6) is 0. The van der Waals surface area contributed by atoms with Crippen LogP contribution in [0.5, 0.6) is 0 Å². The maximum Gasteiger partial charge on any atom is 0.137 e. The Morgan fingerprint density at radius 1 is 1.20 bits per heavy atom. The molecule has 90 valence electrons. The molecule has 0 aromatic rings. The summed E-state index contributed by atoms with van der Waals surface area (Å²) in [6.07, 6.45) is -2.07. The van der Waals surface area contributed by atoms with Gasteiger partial charge in [0.05, 0.1) is 6.61 Å². The molecule has 0 unspecified atom stereocenters. The van der Waals surface area contributed by atoms with Crippen molar-refractivity contribution in [2.24, 2.45) is 5.73 Å². The van der Waals surface area contributed by atoms with Crippen molar-refractivity contribution in [2.75, 3.05) is 19.7 Å². The summed E-state index contributed by atoms with van der Waals surface area (Å²) in [5, 5.41) is 31.1. The van der Waals surface area contributed by atoms with E-state index < -0.39 is 24.5 Å². The quantitative estimate of drug-likeness (QED) is 0.335. The van der Waals surface area contributed by atoms with E-state index in [9.17, 15) is 15.3 Å². The normalized spacial score (nSPS) is 36.8. The lowest BCUT2D eigenvalue weighted by atomic mass is 10.0. The summed E-state index contributed by atoms with van der Waals surface area (Å²) in [4.78, 5) is 0. The molecule has 1 rings (SSSR count). The second-order valence-corrected chi connectivity index (χ2v) is 3.75. The monoisotopic (exact) mass is 220 g/mol. The molecule has 0 aromatic carbocycles. The molecule has 0 bridgehead atoms. The average molecular weight is 220 g/mol. The van der Waals surface area contributed by atoms with Crippen LogP contribution in [0.25, 0.3) is 0 Å². The first-order valence-electron chi connectivity index (χ1n) is 5.26. The highest BCUT2D eigenvalue weighted by Crippen LogP contribution is 2.13. The van der Waals surface area contributed by atoms with Gasteiger partial charge in [-0.05, 0) is 25.9 Å². The van der Waals surface area contributed by atoms with E-state index in [1.165, 1.54) is 0 Å². The first-order valence-corrected chi connectivity index (χ1v) is 5.26. The van der Waals surface area contributed by atoms with Gasteiger partial charge in [0, 0.05) is 0 Å². The molecule has 6 N–H and O–H groups in total. The van der Waals surface area contributed by atoms with Crippen LogP contribution < -0.4 is 11.1 Å². The van der Waals surface area contributed by atoms with Gasteiger partial charge in [0.25, 0.3) is 0 Å². The van der Waals surface area contributed by atoms with Gasteiger partial charge in [0.15, 0.2) is 0 Å². The van der Waals surface area contributed by atoms with E-state index in [2.05, 4.69) is 5.32 Å². The van der Waals surface area contributed by atoms with Crippen LogP contribution in [0.3, 0.4) is 0 Å². The third-order valence-electron chi connectivity index (χ3n) is 2.48. The summed E-state index contributed by atoms with van der Waals surface area (Å²) in [6, 6.07) is 0. The number of aliphatic hydroxyl groups excluding tert-OH is 3. The van der Waals surface area contributed by atoms with E-state index in [-0.39, 0.29) is 6.61 Å². The second-order valence-electron chi connectivity index (χ2n) is 3.75. The minimum absolute atomic E-state index is 0.0345. The van der Waals surface area contributed by atoms with Gasteiger partial charge in [-0.3, -0.25) is 5.32 Å². The zero-order valence-corrected chi connectivity index (χ0v) is 8.67. The van der Waals surface area contributed by atoms with Crippen LogP contribution in [0, 0.1) is 0 Å². The fraction of sp³-hybridized carbons (Fsp3) is 1.00. The minimum Gasteiger partial charge on any atom is -0.388 e. The third-order valence-corrected chi connectivity index (χ3v) is 2.48. The van der Waals surface area contributed by atoms with Crippen molar-refractivity contribution in [1.29, 1.82) is 0 Å². The maximum atomic E-state index is 9.54. The van der Waals surface area contributed by atoms with Crippen LogP contribution in [0.2, 0.25) is 0 Å². The minimum atomic E-state index is -1.15. The summed E-state index contributed by atoms with van der Waals surface area (Å²) < 4.78 is 5.15. The fourth-order valence-electron chi connectivity index (χ4n) is 1.50. The highest BCUT2D eigenvalue weighted by molar-refractivity contribution is 4.85. The standard InChI is InChI=1S/C9H20N2O4/c10-3-1-2-4-11-9-8(14)7(13)6(12)5-15-9/h6-9,11-14H,1-5,10H2/t6-,7+,8-,9-/m1/s1. The lowest BCUT2D eigenvalue weighted by Gasteiger charge is -2.35. The van der Waals surface area contributed by atoms with E-state index in [4.69, 9.17) is 10.5 Å². The topological polar surface area (TPSA) is 108 Å². The molecule has 0 saturated carbocycles. The van der Waals surface area contributed by atoms with Gasteiger partial charge >= 0.3 is 0 Å². The van der Waals surface area contributed by atoms with Gasteiger partial charge in [-0.2, -0.15) is 0 Å². The summed E-state index contributed by atoms with van der Waals surface area (Å²) in [7, 11) is 0. The molecule has 6 heteroatoms. The number of ether oxygens (including phenoxy) is 1. The van der Waals surface area contributed by atoms with Crippen LogP contribution in [0.1, 0.15) is 12.8 Å². The van der Waals surface area contributed by atoms with Gasteiger partial charge in [-0.25, -0.2) is 0 Å². The molecule has 0 spiro atoms. The number of unbranched alkanes of at least 4 members (excludes halogenated alkanes) is 1. The molecule has 0 aromatic heterocycles. The van der Waals surface area contributed by atoms with Crippen LogP contribution in [0.15, 0.2) is 0 Å². The van der Waals surface area contributed by atoms with Crippen molar-refractivity contribution in [3.05, 3.63) is 0 Å². The lowest BCUT2D eigenvalue weighted by molar-refractivity contribution is -0.195. The molecule has 0 radical (unpaired) electrons. The van der Waals surface area contributed by atoms with E-state index in [1.807, 2.05) is 0 Å². The van der Waals surface area contributed by atoms with Gasteiger partial charge in [-0.1, -0.05) is 0 Å². The first-order chi connectivity index (χ1) is 7.16. The highest BCUT2D eigenvalue weighted by Gasteiger charge is 2.36. The van der Waals surface area contributed by atoms with E-state index in [0.717, 1.165) is 12.8 Å². The van der Waals surface area contributed by atoms with Gasteiger partial charge < -0.3 is 25.8 Å². The van der Waals surface area contributed by atoms with Gasteiger partial charge in [0.1, 0.15) is 24.5 Å². The first kappa shape index (κ1) is 12.8. The molecule has 4 atom stereocenters. The molecule has 1 heterocycles. The average Bonchev–Trinajstić information content (AvgIpc) is 2.24. The number of nitrogens with two attached hydrogens (primary N) is 1. The van der Waals surface area contributed by atoms with Crippen LogP contribution in [-0.4, -0.2) is 59.6 Å². The Morgan fingerprint density at radius 2 is 1.93 bits per heavy atom. The molecular formula is C9H20N2O4. The molecule has 6 nitrogen and oxygen atoms in total. The number of rotatable bonds is 5. The van der Waals surface area contributed by atoms with Crippen molar-refractivity contribution in [2.45, 2.75) is 37.4 Å². The number of hydrogen-bond donors (Lipinski definition) is 5. The molecule has 0 aliphatic carbocycles. The zero-order valence-electron chi connectivity index (χ0n) is 8.67. The van der Waals surface area contributed by atoms with Crippen molar-refractivity contribution in [1.82, 2.24) is 5.32 Å². The Kier molecular flexibility index (Phi) is 5.44. The third kappa shape index (κ3) is 3.67. The molecule has 1 aliphatic rings. The summed E-state index contributed by atoms with van der Waals surface area (Å²) in [6.45, 7) is 1.34. The van der Waals surface area contributed by atoms with E-state index in [0.29, 0.717) is 13.1 Å². The Balaban J connectivity index is 2.23.